The summed E-state index contributed by atoms with van der Waals surface area (Å²) in [5.41, 5.74) is 1.59. The van der Waals surface area contributed by atoms with Crippen LogP contribution >= 0.6 is 0 Å². The lowest BCUT2D eigenvalue weighted by Crippen LogP contribution is -2.31. The van der Waals surface area contributed by atoms with Crippen LogP contribution in [0.4, 0.5) is 5.69 Å². The molecule has 2 rings (SSSR count). The molecule has 0 saturated heterocycles. The van der Waals surface area contributed by atoms with Crippen molar-refractivity contribution in [1.29, 1.82) is 0 Å². The second kappa shape index (κ2) is 10.6. The molecular formula is C23H32N2O4S. The third-order valence-corrected chi connectivity index (χ3v) is 7.26. The summed E-state index contributed by atoms with van der Waals surface area (Å²) in [6.07, 6.45) is 0.276. The van der Waals surface area contributed by atoms with Crippen molar-refractivity contribution in [2.45, 2.75) is 58.0 Å². The Morgan fingerprint density at radius 1 is 1.00 bits per heavy atom. The molecule has 1 N–H and O–H groups in total. The molecule has 7 heteroatoms. The van der Waals surface area contributed by atoms with Crippen molar-refractivity contribution in [2.24, 2.45) is 0 Å². The van der Waals surface area contributed by atoms with E-state index in [4.69, 9.17) is 4.74 Å². The summed E-state index contributed by atoms with van der Waals surface area (Å²) in [7, 11) is -3.52. The highest BCUT2D eigenvalue weighted by molar-refractivity contribution is 7.89. The minimum Gasteiger partial charge on any atom is -0.481 e. The Kier molecular flexibility index (Phi) is 8.43. The maximum Gasteiger partial charge on any atom is 0.265 e. The fourth-order valence-corrected chi connectivity index (χ4v) is 4.58. The molecule has 2 atom stereocenters. The number of ether oxygens (including phenoxy) is 1. The highest BCUT2D eigenvalue weighted by atomic mass is 32.2. The minimum atomic E-state index is -3.52. The van der Waals surface area contributed by atoms with Crippen molar-refractivity contribution in [3.05, 3.63) is 54.1 Å². The molecule has 0 spiro atoms. The third kappa shape index (κ3) is 5.61. The van der Waals surface area contributed by atoms with Crippen LogP contribution in [0.1, 0.15) is 52.5 Å². The number of rotatable bonds is 10. The lowest BCUT2D eigenvalue weighted by molar-refractivity contribution is -0.122. The quantitative estimate of drug-likeness (QED) is 0.594. The van der Waals surface area contributed by atoms with Gasteiger partial charge in [-0.05, 0) is 55.2 Å². The second-order valence-corrected chi connectivity index (χ2v) is 9.15. The van der Waals surface area contributed by atoms with Crippen LogP contribution in [0.2, 0.25) is 0 Å². The fourth-order valence-electron chi connectivity index (χ4n) is 3.13. The van der Waals surface area contributed by atoms with E-state index in [1.807, 2.05) is 24.3 Å². The van der Waals surface area contributed by atoms with Crippen LogP contribution in [0.5, 0.6) is 5.75 Å². The van der Waals surface area contributed by atoms with Crippen molar-refractivity contribution in [3.63, 3.8) is 0 Å². The largest absolute Gasteiger partial charge is 0.481 e. The smallest absolute Gasteiger partial charge is 0.265 e. The van der Waals surface area contributed by atoms with E-state index in [-0.39, 0.29) is 10.8 Å². The fraction of sp³-hybridized carbons (Fsp3) is 0.435. The Labute approximate surface area is 180 Å². The number of nitrogens with zero attached hydrogens (tertiary/aromatic N) is 1. The lowest BCUT2D eigenvalue weighted by atomic mass is 9.98. The maximum atomic E-state index is 12.6. The monoisotopic (exact) mass is 432 g/mol. The van der Waals surface area contributed by atoms with Gasteiger partial charge in [-0.2, -0.15) is 4.31 Å². The third-order valence-electron chi connectivity index (χ3n) is 5.20. The highest BCUT2D eigenvalue weighted by Gasteiger charge is 2.22. The van der Waals surface area contributed by atoms with Crippen LogP contribution in [-0.2, 0) is 14.8 Å². The Morgan fingerprint density at radius 2 is 1.60 bits per heavy atom. The number of hydrogen-bond donors (Lipinski definition) is 1. The van der Waals surface area contributed by atoms with Crippen LogP contribution in [0.25, 0.3) is 0 Å². The summed E-state index contributed by atoms with van der Waals surface area (Å²) >= 11 is 0. The maximum absolute atomic E-state index is 12.6. The second-order valence-electron chi connectivity index (χ2n) is 7.21. The summed E-state index contributed by atoms with van der Waals surface area (Å²) in [4.78, 5) is 12.8. The van der Waals surface area contributed by atoms with Gasteiger partial charge in [-0.25, -0.2) is 8.42 Å². The molecule has 0 fully saturated rings. The van der Waals surface area contributed by atoms with Gasteiger partial charge in [0.15, 0.2) is 6.10 Å². The molecule has 2 aromatic rings. The summed E-state index contributed by atoms with van der Waals surface area (Å²) < 4.78 is 32.5. The van der Waals surface area contributed by atoms with E-state index >= 15 is 0 Å². The molecular weight excluding hydrogens is 400 g/mol. The van der Waals surface area contributed by atoms with Crippen LogP contribution in [0, 0.1) is 0 Å². The molecule has 2 unspecified atom stereocenters. The lowest BCUT2D eigenvalue weighted by Gasteiger charge is -2.20. The summed E-state index contributed by atoms with van der Waals surface area (Å²) in [5.74, 6) is 0.736. The average molecular weight is 433 g/mol. The van der Waals surface area contributed by atoms with E-state index in [9.17, 15) is 13.2 Å². The number of hydrogen-bond acceptors (Lipinski definition) is 4. The van der Waals surface area contributed by atoms with Gasteiger partial charge in [-0.3, -0.25) is 4.79 Å². The summed E-state index contributed by atoms with van der Waals surface area (Å²) in [6.45, 7) is 10.4. The molecule has 0 aliphatic rings. The van der Waals surface area contributed by atoms with Crippen LogP contribution in [0.3, 0.4) is 0 Å². The first kappa shape index (κ1) is 23.9. The van der Waals surface area contributed by atoms with Crippen LogP contribution in [-0.4, -0.2) is 37.8 Å². The number of benzene rings is 2. The van der Waals surface area contributed by atoms with Crippen molar-refractivity contribution < 1.29 is 17.9 Å². The minimum absolute atomic E-state index is 0.205. The van der Waals surface area contributed by atoms with Gasteiger partial charge in [-0.1, -0.05) is 45.9 Å². The summed E-state index contributed by atoms with van der Waals surface area (Å²) in [5, 5.41) is 2.79. The van der Waals surface area contributed by atoms with E-state index in [1.165, 1.54) is 16.4 Å². The topological polar surface area (TPSA) is 75.7 Å². The number of amides is 1. The Balaban J connectivity index is 2.08. The standard InChI is InChI=1S/C23H32N2O4S/c1-6-17(4)21-11-9-10-12-22(21)29-18(5)23(26)24-19-13-15-20(16-14-19)30(27,28)25(7-2)8-3/h9-18H,6-8H2,1-5H3,(H,24,26). The number of carbonyl (C=O) groups is 1. The zero-order valence-electron chi connectivity index (χ0n) is 18.4. The van der Waals surface area contributed by atoms with Gasteiger partial charge >= 0.3 is 0 Å². The molecule has 6 nitrogen and oxygen atoms in total. The van der Waals surface area contributed by atoms with E-state index in [1.54, 1.807) is 32.9 Å². The number of sulfonamides is 1. The van der Waals surface area contributed by atoms with Gasteiger partial charge in [0, 0.05) is 18.8 Å². The molecule has 0 bridgehead atoms. The van der Waals surface area contributed by atoms with Crippen molar-refractivity contribution in [1.82, 2.24) is 4.31 Å². The van der Waals surface area contributed by atoms with E-state index in [2.05, 4.69) is 19.2 Å². The molecule has 1 amide bonds. The molecule has 2 aromatic carbocycles. The molecule has 0 saturated carbocycles. The predicted octanol–water partition coefficient (Wildman–Crippen LogP) is 4.64. The molecule has 0 aromatic heterocycles. The Hall–Kier alpha value is -2.38. The van der Waals surface area contributed by atoms with E-state index in [0.717, 1.165) is 12.0 Å². The van der Waals surface area contributed by atoms with Crippen LogP contribution < -0.4 is 10.1 Å². The zero-order chi connectivity index (χ0) is 22.3. The normalized spacial score (nSPS) is 13.7. The molecule has 0 heterocycles. The first-order chi connectivity index (χ1) is 14.2. The first-order valence-corrected chi connectivity index (χ1v) is 11.8. The van der Waals surface area contributed by atoms with Gasteiger partial charge in [0.25, 0.3) is 5.91 Å². The first-order valence-electron chi connectivity index (χ1n) is 10.4. The van der Waals surface area contributed by atoms with Crippen LogP contribution in [0.15, 0.2) is 53.4 Å². The van der Waals surface area contributed by atoms with Gasteiger partial charge in [0.1, 0.15) is 5.75 Å². The molecule has 0 radical (unpaired) electrons. The SMILES string of the molecule is CCC(C)c1ccccc1OC(C)C(=O)Nc1ccc(S(=O)(=O)N(CC)CC)cc1. The predicted molar refractivity (Wildman–Crippen MR) is 120 cm³/mol. The molecule has 30 heavy (non-hydrogen) atoms. The molecule has 0 aliphatic carbocycles. The highest BCUT2D eigenvalue weighted by Crippen LogP contribution is 2.29. The summed E-state index contributed by atoms with van der Waals surface area (Å²) in [6, 6.07) is 13.9. The number of nitrogens with one attached hydrogen (secondary N) is 1. The Bertz CT molecular complexity index is 938. The Morgan fingerprint density at radius 3 is 2.17 bits per heavy atom. The van der Waals surface area contributed by atoms with Crippen molar-refractivity contribution >= 4 is 21.6 Å². The number of para-hydroxylation sites is 1. The molecule has 164 valence electrons. The van der Waals surface area contributed by atoms with Crippen molar-refractivity contribution in [2.75, 3.05) is 18.4 Å². The van der Waals surface area contributed by atoms with Gasteiger partial charge < -0.3 is 10.1 Å². The van der Waals surface area contributed by atoms with E-state index in [0.29, 0.717) is 30.4 Å². The average Bonchev–Trinajstić information content (AvgIpc) is 2.74. The number of carbonyl (C=O) groups excluding carboxylic acids is 1. The van der Waals surface area contributed by atoms with Gasteiger partial charge in [-0.15, -0.1) is 0 Å². The van der Waals surface area contributed by atoms with Crippen molar-refractivity contribution in [3.8, 4) is 5.75 Å². The number of anilines is 1. The zero-order valence-corrected chi connectivity index (χ0v) is 19.2. The molecule has 0 aliphatic heterocycles. The van der Waals surface area contributed by atoms with Gasteiger partial charge in [0.2, 0.25) is 10.0 Å². The van der Waals surface area contributed by atoms with E-state index < -0.39 is 16.1 Å². The van der Waals surface area contributed by atoms with Gasteiger partial charge in [0.05, 0.1) is 4.90 Å².